The predicted octanol–water partition coefficient (Wildman–Crippen LogP) is 1.41. The van der Waals surface area contributed by atoms with Gasteiger partial charge in [-0.2, -0.15) is 0 Å². The molecule has 0 unspecified atom stereocenters. The van der Waals surface area contributed by atoms with Crippen LogP contribution in [0.15, 0.2) is 37.4 Å². The van der Waals surface area contributed by atoms with Crippen LogP contribution in [0.5, 0.6) is 0 Å². The van der Waals surface area contributed by atoms with E-state index in [1.54, 1.807) is 18.7 Å². The molecule has 0 saturated carbocycles. The number of aromatic amines is 1. The van der Waals surface area contributed by atoms with E-state index in [9.17, 15) is 0 Å². The molecule has 5 heteroatoms. The highest BCUT2D eigenvalue weighted by Crippen LogP contribution is 2.06. The van der Waals surface area contributed by atoms with Gasteiger partial charge in [0.15, 0.2) is 0 Å². The summed E-state index contributed by atoms with van der Waals surface area (Å²) in [6.45, 7) is 2.35. The number of hydrogen-bond donors (Lipinski definition) is 1. The van der Waals surface area contributed by atoms with E-state index in [4.69, 9.17) is 0 Å². The Hall–Kier alpha value is -1.78. The summed E-state index contributed by atoms with van der Waals surface area (Å²) in [4.78, 5) is 10.4. The summed E-state index contributed by atoms with van der Waals surface area (Å²) < 4.78 is 2.08. The summed E-state index contributed by atoms with van der Waals surface area (Å²) in [5.74, 6) is 0. The van der Waals surface area contributed by atoms with Gasteiger partial charge >= 0.3 is 0 Å². The van der Waals surface area contributed by atoms with Gasteiger partial charge in [-0.15, -0.1) is 0 Å². The van der Waals surface area contributed by atoms with Crippen molar-refractivity contribution in [2.75, 3.05) is 18.1 Å². The van der Waals surface area contributed by atoms with Crippen LogP contribution in [0.25, 0.3) is 0 Å². The van der Waals surface area contributed by atoms with Gasteiger partial charge in [-0.3, -0.25) is 4.68 Å². The highest BCUT2D eigenvalue weighted by molar-refractivity contribution is 4.90. The molecule has 0 aliphatic carbocycles. The number of H-pyrrole nitrogens is 1. The molecule has 3 heterocycles. The zero-order valence-electron chi connectivity index (χ0n) is 9.29. The fourth-order valence-corrected chi connectivity index (χ4v) is 1.74. The Bertz CT molecular complexity index is 330. The number of nitrogens with zero attached hydrogens (tertiary/aromatic N) is 4. The number of aromatic nitrogens is 4. The molecular weight excluding hydrogens is 202 g/mol. The first-order valence-electron chi connectivity index (χ1n) is 5.63. The van der Waals surface area contributed by atoms with Crippen molar-refractivity contribution < 1.29 is 0 Å². The Morgan fingerprint density at radius 2 is 1.88 bits per heavy atom. The molecule has 0 bridgehead atoms. The molecule has 86 valence electrons. The average molecular weight is 219 g/mol. The van der Waals surface area contributed by atoms with Gasteiger partial charge in [0.2, 0.25) is 0 Å². The number of imidazole rings is 2. The molecule has 0 aromatic carbocycles. The van der Waals surface area contributed by atoms with E-state index in [1.165, 1.54) is 32.4 Å². The van der Waals surface area contributed by atoms with Crippen LogP contribution in [0.3, 0.4) is 0 Å². The van der Waals surface area contributed by atoms with E-state index < -0.39 is 0 Å². The third-order valence-electron chi connectivity index (χ3n) is 2.56. The van der Waals surface area contributed by atoms with Gasteiger partial charge in [-0.25, -0.2) is 9.97 Å². The third-order valence-corrected chi connectivity index (χ3v) is 2.56. The molecule has 0 radical (unpaired) electrons. The minimum Gasteiger partial charge on any atom is -0.351 e. The first-order valence-corrected chi connectivity index (χ1v) is 5.63. The molecule has 1 aliphatic heterocycles. The first kappa shape index (κ1) is 10.7. The van der Waals surface area contributed by atoms with E-state index in [0.29, 0.717) is 0 Å². The standard InChI is InChI=1S/C8H13N3.C3H4N2/c1-2-5-10(6-3-1)11-7-4-9-8-11;1-2-5-3-4-1/h4,7-8H,1-3,5-6H2;1-3H,(H,4,5). The second-order valence-corrected chi connectivity index (χ2v) is 3.72. The summed E-state index contributed by atoms with van der Waals surface area (Å²) in [6.07, 6.45) is 14.8. The minimum absolute atomic E-state index is 1.18. The van der Waals surface area contributed by atoms with E-state index in [1.807, 2.05) is 18.7 Å². The second-order valence-electron chi connectivity index (χ2n) is 3.72. The Morgan fingerprint density at radius 3 is 2.38 bits per heavy atom. The van der Waals surface area contributed by atoms with Gasteiger partial charge in [0.05, 0.1) is 6.33 Å². The molecule has 3 rings (SSSR count). The largest absolute Gasteiger partial charge is 0.351 e. The molecule has 1 aliphatic rings. The molecule has 16 heavy (non-hydrogen) atoms. The lowest BCUT2D eigenvalue weighted by atomic mass is 10.2. The predicted molar refractivity (Wildman–Crippen MR) is 62.6 cm³/mol. The van der Waals surface area contributed by atoms with Gasteiger partial charge in [-0.1, -0.05) is 0 Å². The van der Waals surface area contributed by atoms with Crippen molar-refractivity contribution in [3.8, 4) is 0 Å². The molecule has 1 N–H and O–H groups in total. The van der Waals surface area contributed by atoms with Crippen molar-refractivity contribution in [1.82, 2.24) is 19.6 Å². The molecular formula is C11H17N5. The van der Waals surface area contributed by atoms with Crippen molar-refractivity contribution in [2.24, 2.45) is 0 Å². The van der Waals surface area contributed by atoms with Crippen LogP contribution >= 0.6 is 0 Å². The first-order chi connectivity index (χ1) is 7.97. The van der Waals surface area contributed by atoms with Crippen LogP contribution in [0.4, 0.5) is 0 Å². The van der Waals surface area contributed by atoms with E-state index in [0.717, 1.165) is 0 Å². The number of rotatable bonds is 1. The summed E-state index contributed by atoms with van der Waals surface area (Å²) >= 11 is 0. The molecule has 0 atom stereocenters. The highest BCUT2D eigenvalue weighted by atomic mass is 15.5. The molecule has 5 nitrogen and oxygen atoms in total. The Morgan fingerprint density at radius 1 is 1.00 bits per heavy atom. The molecule has 1 saturated heterocycles. The lowest BCUT2D eigenvalue weighted by molar-refractivity contribution is 0.478. The van der Waals surface area contributed by atoms with E-state index in [-0.39, 0.29) is 0 Å². The van der Waals surface area contributed by atoms with Gasteiger partial charge in [0.1, 0.15) is 6.33 Å². The van der Waals surface area contributed by atoms with Crippen LogP contribution in [-0.4, -0.2) is 32.7 Å². The number of hydrogen-bond acceptors (Lipinski definition) is 3. The van der Waals surface area contributed by atoms with E-state index >= 15 is 0 Å². The van der Waals surface area contributed by atoms with Crippen molar-refractivity contribution in [1.29, 1.82) is 0 Å². The van der Waals surface area contributed by atoms with Gasteiger partial charge < -0.3 is 9.99 Å². The van der Waals surface area contributed by atoms with Crippen LogP contribution in [0.2, 0.25) is 0 Å². The average Bonchev–Trinajstić information content (AvgIpc) is 3.07. The molecule has 2 aromatic rings. The molecule has 2 aromatic heterocycles. The third kappa shape index (κ3) is 3.12. The molecule has 0 spiro atoms. The zero-order chi connectivity index (χ0) is 11.1. The Labute approximate surface area is 95.1 Å². The summed E-state index contributed by atoms with van der Waals surface area (Å²) in [5.41, 5.74) is 0. The maximum atomic E-state index is 4.02. The van der Waals surface area contributed by atoms with Crippen LogP contribution < -0.4 is 5.01 Å². The smallest absolute Gasteiger partial charge is 0.114 e. The van der Waals surface area contributed by atoms with Crippen LogP contribution in [-0.2, 0) is 0 Å². The maximum absolute atomic E-state index is 4.02. The summed E-state index contributed by atoms with van der Waals surface area (Å²) in [5, 5.41) is 2.33. The van der Waals surface area contributed by atoms with E-state index in [2.05, 4.69) is 24.6 Å². The quantitative estimate of drug-likeness (QED) is 0.789. The fraction of sp³-hybridized carbons (Fsp3) is 0.455. The number of piperidine rings is 1. The lowest BCUT2D eigenvalue weighted by Crippen LogP contribution is -2.38. The second kappa shape index (κ2) is 5.95. The Kier molecular flexibility index (Phi) is 3.99. The van der Waals surface area contributed by atoms with Gasteiger partial charge in [0, 0.05) is 37.9 Å². The van der Waals surface area contributed by atoms with Crippen molar-refractivity contribution in [2.45, 2.75) is 19.3 Å². The molecule has 1 fully saturated rings. The maximum Gasteiger partial charge on any atom is 0.114 e. The SMILES string of the molecule is c1c[nH]cn1.c1cn(N2CCCCC2)cn1. The van der Waals surface area contributed by atoms with Gasteiger partial charge in [0.25, 0.3) is 0 Å². The van der Waals surface area contributed by atoms with Crippen molar-refractivity contribution >= 4 is 0 Å². The highest BCUT2D eigenvalue weighted by Gasteiger charge is 2.08. The van der Waals surface area contributed by atoms with Crippen molar-refractivity contribution in [3.05, 3.63) is 37.4 Å². The lowest BCUT2D eigenvalue weighted by Gasteiger charge is -2.28. The van der Waals surface area contributed by atoms with Gasteiger partial charge in [-0.05, 0) is 19.3 Å². The molecule has 0 amide bonds. The van der Waals surface area contributed by atoms with Crippen LogP contribution in [0, 0.1) is 0 Å². The summed E-state index contributed by atoms with van der Waals surface area (Å²) in [6, 6.07) is 0. The van der Waals surface area contributed by atoms with Crippen LogP contribution in [0.1, 0.15) is 19.3 Å². The Balaban J connectivity index is 0.000000162. The monoisotopic (exact) mass is 219 g/mol. The zero-order valence-corrected chi connectivity index (χ0v) is 9.29. The normalized spacial score (nSPS) is 15.4. The topological polar surface area (TPSA) is 49.7 Å². The van der Waals surface area contributed by atoms with Crippen molar-refractivity contribution in [3.63, 3.8) is 0 Å². The minimum atomic E-state index is 1.18. The summed E-state index contributed by atoms with van der Waals surface area (Å²) in [7, 11) is 0. The fourth-order valence-electron chi connectivity index (χ4n) is 1.74. The number of nitrogens with one attached hydrogen (secondary N) is 1.